The van der Waals surface area contributed by atoms with Gasteiger partial charge < -0.3 is 10.1 Å². The summed E-state index contributed by atoms with van der Waals surface area (Å²) in [6.07, 6.45) is 6.69. The van der Waals surface area contributed by atoms with Crippen LogP contribution in [0.1, 0.15) is 16.2 Å². The molecule has 0 saturated heterocycles. The number of carboxylic acid groups (broad SMARTS) is 1. The van der Waals surface area contributed by atoms with E-state index in [1.54, 1.807) is 6.07 Å². The van der Waals surface area contributed by atoms with E-state index in [9.17, 15) is 4.79 Å². The van der Waals surface area contributed by atoms with Crippen molar-refractivity contribution in [3.63, 3.8) is 0 Å². The van der Waals surface area contributed by atoms with E-state index in [1.165, 1.54) is 12.3 Å². The van der Waals surface area contributed by atoms with Gasteiger partial charge in [0, 0.05) is 5.39 Å². The maximum absolute atomic E-state index is 10.6. The molecular formula is C10H6N2O2. The Bertz CT molecular complexity index is 549. The molecule has 2 N–H and O–H groups in total. The smallest absolute Gasteiger partial charge is 0.352 e. The van der Waals surface area contributed by atoms with Crippen molar-refractivity contribution in [3.8, 4) is 12.3 Å². The topological polar surface area (TPSA) is 66.0 Å². The van der Waals surface area contributed by atoms with Gasteiger partial charge in [0.25, 0.3) is 0 Å². The van der Waals surface area contributed by atoms with Gasteiger partial charge in [-0.3, -0.25) is 0 Å². The number of carboxylic acids is 1. The van der Waals surface area contributed by atoms with Crippen LogP contribution in [0.2, 0.25) is 0 Å². The fourth-order valence-electron chi connectivity index (χ4n) is 1.23. The molecule has 4 heteroatoms. The summed E-state index contributed by atoms with van der Waals surface area (Å²) in [4.78, 5) is 17.3. The van der Waals surface area contributed by atoms with Gasteiger partial charge in [-0.2, -0.15) is 0 Å². The molecule has 2 aromatic rings. The molecule has 0 atom stereocenters. The van der Waals surface area contributed by atoms with Crippen molar-refractivity contribution in [1.82, 2.24) is 9.97 Å². The molecule has 68 valence electrons. The molecule has 0 aliphatic heterocycles. The van der Waals surface area contributed by atoms with Gasteiger partial charge in [-0.25, -0.2) is 9.78 Å². The maximum Gasteiger partial charge on any atom is 0.352 e. The lowest BCUT2D eigenvalue weighted by molar-refractivity contribution is 0.0691. The summed E-state index contributed by atoms with van der Waals surface area (Å²) in [5, 5.41) is 9.48. The first-order chi connectivity index (χ1) is 6.70. The molecule has 4 nitrogen and oxygen atoms in total. The third-order valence-electron chi connectivity index (χ3n) is 1.88. The number of rotatable bonds is 1. The van der Waals surface area contributed by atoms with E-state index in [1.807, 2.05) is 0 Å². The molecule has 0 unspecified atom stereocenters. The number of H-pyrrole nitrogens is 1. The first-order valence-electron chi connectivity index (χ1n) is 3.89. The molecule has 0 saturated carbocycles. The first kappa shape index (κ1) is 8.32. The highest BCUT2D eigenvalue weighted by Gasteiger charge is 2.07. The Kier molecular flexibility index (Phi) is 1.72. The highest BCUT2D eigenvalue weighted by molar-refractivity contribution is 5.93. The normalized spacial score (nSPS) is 9.93. The molecule has 0 amide bonds. The standard InChI is InChI=1S/C10H6N2O2/c1-2-7-3-6-4-8(10(13)14)12-9(6)5-11-7/h1,3-5,12H,(H,13,14). The number of terminal acetylenes is 1. The van der Waals surface area contributed by atoms with E-state index in [0.717, 1.165) is 5.39 Å². The van der Waals surface area contributed by atoms with E-state index in [0.29, 0.717) is 11.2 Å². The Morgan fingerprint density at radius 2 is 2.36 bits per heavy atom. The summed E-state index contributed by atoms with van der Waals surface area (Å²) in [6, 6.07) is 3.19. The van der Waals surface area contributed by atoms with E-state index in [2.05, 4.69) is 15.9 Å². The van der Waals surface area contributed by atoms with Gasteiger partial charge in [0.15, 0.2) is 0 Å². The van der Waals surface area contributed by atoms with Crippen molar-refractivity contribution >= 4 is 16.9 Å². The predicted octanol–water partition coefficient (Wildman–Crippen LogP) is 1.24. The van der Waals surface area contributed by atoms with Crippen molar-refractivity contribution in [3.05, 3.63) is 29.7 Å². The lowest BCUT2D eigenvalue weighted by atomic mass is 10.2. The van der Waals surface area contributed by atoms with Gasteiger partial charge in [-0.05, 0) is 12.1 Å². The second kappa shape index (κ2) is 2.89. The monoisotopic (exact) mass is 186 g/mol. The number of hydrogen-bond donors (Lipinski definition) is 2. The Balaban J connectivity index is 2.67. The molecule has 0 bridgehead atoms. The zero-order valence-electron chi connectivity index (χ0n) is 7.11. The lowest BCUT2D eigenvalue weighted by Crippen LogP contribution is -1.94. The average molecular weight is 186 g/mol. The number of aromatic nitrogens is 2. The van der Waals surface area contributed by atoms with Gasteiger partial charge in [0.2, 0.25) is 0 Å². The van der Waals surface area contributed by atoms with Crippen LogP contribution < -0.4 is 0 Å². The van der Waals surface area contributed by atoms with Gasteiger partial charge >= 0.3 is 5.97 Å². The highest BCUT2D eigenvalue weighted by atomic mass is 16.4. The molecule has 14 heavy (non-hydrogen) atoms. The second-order valence-electron chi connectivity index (χ2n) is 2.79. The van der Waals surface area contributed by atoms with Crippen LogP contribution in [0.3, 0.4) is 0 Å². The molecule has 2 heterocycles. The predicted molar refractivity (Wildman–Crippen MR) is 51.0 cm³/mol. The Morgan fingerprint density at radius 3 is 3.00 bits per heavy atom. The lowest BCUT2D eigenvalue weighted by Gasteiger charge is -1.89. The number of aromatic amines is 1. The summed E-state index contributed by atoms with van der Waals surface area (Å²) in [6.45, 7) is 0. The molecule has 0 spiro atoms. The fourth-order valence-corrected chi connectivity index (χ4v) is 1.23. The van der Waals surface area contributed by atoms with Crippen LogP contribution in [0.25, 0.3) is 10.9 Å². The van der Waals surface area contributed by atoms with E-state index >= 15 is 0 Å². The van der Waals surface area contributed by atoms with Crippen LogP contribution in [0.5, 0.6) is 0 Å². The Labute approximate surface area is 79.6 Å². The molecule has 0 fully saturated rings. The first-order valence-corrected chi connectivity index (χ1v) is 3.89. The molecule has 2 rings (SSSR count). The maximum atomic E-state index is 10.6. The summed E-state index contributed by atoms with van der Waals surface area (Å²) >= 11 is 0. The number of hydrogen-bond acceptors (Lipinski definition) is 2. The number of fused-ring (bicyclic) bond motifs is 1. The third kappa shape index (κ3) is 1.21. The van der Waals surface area contributed by atoms with E-state index < -0.39 is 5.97 Å². The average Bonchev–Trinajstić information content (AvgIpc) is 2.59. The number of nitrogens with one attached hydrogen (secondary N) is 1. The summed E-state index contributed by atoms with van der Waals surface area (Å²) in [7, 11) is 0. The van der Waals surface area contributed by atoms with Crippen LogP contribution in [0.15, 0.2) is 18.3 Å². The summed E-state index contributed by atoms with van der Waals surface area (Å²) < 4.78 is 0. The summed E-state index contributed by atoms with van der Waals surface area (Å²) in [5.74, 6) is 1.39. The van der Waals surface area contributed by atoms with Crippen molar-refractivity contribution < 1.29 is 9.90 Å². The second-order valence-corrected chi connectivity index (χ2v) is 2.79. The third-order valence-corrected chi connectivity index (χ3v) is 1.88. The van der Waals surface area contributed by atoms with Crippen LogP contribution >= 0.6 is 0 Å². The summed E-state index contributed by atoms with van der Waals surface area (Å²) in [5.41, 5.74) is 1.30. The minimum atomic E-state index is -0.997. The molecule has 2 aromatic heterocycles. The van der Waals surface area contributed by atoms with Crippen LogP contribution in [0, 0.1) is 12.3 Å². The molecule has 0 radical (unpaired) electrons. The minimum absolute atomic E-state index is 0.135. The van der Waals surface area contributed by atoms with Crippen LogP contribution in [0.4, 0.5) is 0 Å². The van der Waals surface area contributed by atoms with Gasteiger partial charge in [-0.1, -0.05) is 5.92 Å². The quantitative estimate of drug-likeness (QED) is 0.658. The molecular weight excluding hydrogens is 180 g/mol. The zero-order valence-corrected chi connectivity index (χ0v) is 7.11. The Hall–Kier alpha value is -2.28. The van der Waals surface area contributed by atoms with Gasteiger partial charge in [-0.15, -0.1) is 6.42 Å². The Morgan fingerprint density at radius 1 is 1.57 bits per heavy atom. The molecule has 0 aliphatic carbocycles. The zero-order chi connectivity index (χ0) is 10.1. The van der Waals surface area contributed by atoms with Gasteiger partial charge in [0.05, 0.1) is 11.7 Å². The van der Waals surface area contributed by atoms with Crippen LogP contribution in [-0.4, -0.2) is 21.0 Å². The number of nitrogens with zero attached hydrogens (tertiary/aromatic N) is 1. The van der Waals surface area contributed by atoms with Gasteiger partial charge in [0.1, 0.15) is 11.4 Å². The minimum Gasteiger partial charge on any atom is -0.477 e. The fraction of sp³-hybridized carbons (Fsp3) is 0. The molecule has 0 aromatic carbocycles. The van der Waals surface area contributed by atoms with E-state index in [-0.39, 0.29) is 5.69 Å². The SMILES string of the molecule is C#Cc1cc2cc(C(=O)O)[nH]c2cn1. The van der Waals surface area contributed by atoms with Crippen molar-refractivity contribution in [2.45, 2.75) is 0 Å². The van der Waals surface area contributed by atoms with Crippen molar-refractivity contribution in [2.75, 3.05) is 0 Å². The number of pyridine rings is 1. The van der Waals surface area contributed by atoms with Crippen molar-refractivity contribution in [1.29, 1.82) is 0 Å². The van der Waals surface area contributed by atoms with Crippen LogP contribution in [-0.2, 0) is 0 Å². The molecule has 0 aliphatic rings. The highest BCUT2D eigenvalue weighted by Crippen LogP contribution is 2.14. The van der Waals surface area contributed by atoms with E-state index in [4.69, 9.17) is 11.5 Å². The number of aromatic carboxylic acids is 1. The number of carbonyl (C=O) groups is 1. The largest absolute Gasteiger partial charge is 0.477 e. The van der Waals surface area contributed by atoms with Crippen molar-refractivity contribution in [2.24, 2.45) is 0 Å².